The molecular weight excluding hydrogens is 358 g/mol. The summed E-state index contributed by atoms with van der Waals surface area (Å²) in [5, 5.41) is 12.8. The van der Waals surface area contributed by atoms with Crippen molar-refractivity contribution < 1.29 is 14.5 Å². The summed E-state index contributed by atoms with van der Waals surface area (Å²) in [7, 11) is 0. The van der Waals surface area contributed by atoms with Crippen molar-refractivity contribution in [2.75, 3.05) is 0 Å². The summed E-state index contributed by atoms with van der Waals surface area (Å²) in [6, 6.07) is 19.3. The van der Waals surface area contributed by atoms with E-state index in [2.05, 4.69) is 10.9 Å². The first-order valence-corrected chi connectivity index (χ1v) is 8.51. The van der Waals surface area contributed by atoms with E-state index >= 15 is 0 Å². The van der Waals surface area contributed by atoms with Gasteiger partial charge in [-0.2, -0.15) is 0 Å². The summed E-state index contributed by atoms with van der Waals surface area (Å²) in [6.45, 7) is 0. The highest BCUT2D eigenvalue weighted by molar-refractivity contribution is 5.94. The Morgan fingerprint density at radius 1 is 0.964 bits per heavy atom. The average Bonchev–Trinajstić information content (AvgIpc) is 2.71. The first-order chi connectivity index (χ1) is 13.5. The second kappa shape index (κ2) is 8.59. The predicted molar refractivity (Wildman–Crippen MR) is 106 cm³/mol. The number of nitrogens with one attached hydrogen (secondary N) is 2. The number of carbonyl (C=O) groups is 2. The molecule has 0 aromatic heterocycles. The van der Waals surface area contributed by atoms with E-state index in [-0.39, 0.29) is 18.0 Å². The molecule has 28 heavy (non-hydrogen) atoms. The largest absolute Gasteiger partial charge is 0.273 e. The maximum absolute atomic E-state index is 12.1. The molecule has 140 valence electrons. The van der Waals surface area contributed by atoms with Crippen LogP contribution >= 0.6 is 0 Å². The normalized spacial score (nSPS) is 10.7. The zero-order chi connectivity index (χ0) is 19.9. The molecule has 3 aromatic rings. The Kier molecular flexibility index (Phi) is 5.76. The molecule has 3 rings (SSSR count). The van der Waals surface area contributed by atoms with Crippen LogP contribution < -0.4 is 10.9 Å². The van der Waals surface area contributed by atoms with E-state index in [1.165, 1.54) is 30.4 Å². The molecule has 2 N–H and O–H groups in total. The second-order valence-corrected chi connectivity index (χ2v) is 6.04. The number of hydrazine groups is 1. The fourth-order valence-electron chi connectivity index (χ4n) is 2.75. The Labute approximate surface area is 160 Å². The summed E-state index contributed by atoms with van der Waals surface area (Å²) in [4.78, 5) is 34.2. The van der Waals surface area contributed by atoms with Crippen LogP contribution in [0, 0.1) is 10.1 Å². The van der Waals surface area contributed by atoms with Crippen molar-refractivity contribution in [1.29, 1.82) is 0 Å². The fraction of sp³-hybridized carbons (Fsp3) is 0.0476. The third kappa shape index (κ3) is 4.79. The zero-order valence-electron chi connectivity index (χ0n) is 14.8. The Morgan fingerprint density at radius 2 is 1.71 bits per heavy atom. The molecule has 7 nitrogen and oxygen atoms in total. The molecule has 0 unspecified atom stereocenters. The van der Waals surface area contributed by atoms with Crippen molar-refractivity contribution in [3.05, 3.63) is 94.0 Å². The van der Waals surface area contributed by atoms with Crippen LogP contribution in [-0.2, 0) is 16.0 Å². The summed E-state index contributed by atoms with van der Waals surface area (Å²) in [5.41, 5.74) is 5.96. The SMILES string of the molecule is O=C(/C=C/c1cccc([N+](=O)[O-])c1)NNC(=O)Cc1cccc2ccccc12. The number of amides is 2. The lowest BCUT2D eigenvalue weighted by Gasteiger charge is -2.08. The standard InChI is InChI=1S/C21H17N3O4/c25-20(12-11-15-5-3-9-18(13-15)24(27)28)22-23-21(26)14-17-8-4-7-16-6-1-2-10-19(16)17/h1-13H,14H2,(H,22,25)(H,23,26)/b12-11+. The van der Waals surface area contributed by atoms with Crippen LogP contribution in [0.4, 0.5) is 5.69 Å². The number of rotatable bonds is 5. The minimum Gasteiger partial charge on any atom is -0.273 e. The summed E-state index contributed by atoms with van der Waals surface area (Å²) in [5.74, 6) is -0.897. The molecule has 0 aliphatic carbocycles. The molecule has 7 heteroatoms. The van der Waals surface area contributed by atoms with E-state index in [9.17, 15) is 19.7 Å². The van der Waals surface area contributed by atoms with Crippen LogP contribution in [0.1, 0.15) is 11.1 Å². The molecule has 0 saturated heterocycles. The maximum atomic E-state index is 12.1. The van der Waals surface area contributed by atoms with E-state index in [0.717, 1.165) is 16.3 Å². The van der Waals surface area contributed by atoms with Gasteiger partial charge < -0.3 is 0 Å². The van der Waals surface area contributed by atoms with Gasteiger partial charge in [0.1, 0.15) is 0 Å². The predicted octanol–water partition coefficient (Wildman–Crippen LogP) is 3.15. The number of fused-ring (bicyclic) bond motifs is 1. The third-order valence-electron chi connectivity index (χ3n) is 4.06. The van der Waals surface area contributed by atoms with Gasteiger partial charge in [0.2, 0.25) is 5.91 Å². The number of non-ortho nitro benzene ring substituents is 1. The Balaban J connectivity index is 1.56. The third-order valence-corrected chi connectivity index (χ3v) is 4.06. The quantitative estimate of drug-likeness (QED) is 0.406. The van der Waals surface area contributed by atoms with Gasteiger partial charge in [-0.25, -0.2) is 0 Å². The van der Waals surface area contributed by atoms with Gasteiger partial charge in [-0.3, -0.25) is 30.6 Å². The van der Waals surface area contributed by atoms with Crippen molar-refractivity contribution in [2.45, 2.75) is 6.42 Å². The number of hydrogen-bond donors (Lipinski definition) is 2. The van der Waals surface area contributed by atoms with Crippen LogP contribution in [0.15, 0.2) is 72.8 Å². The topological polar surface area (TPSA) is 101 Å². The van der Waals surface area contributed by atoms with E-state index in [4.69, 9.17) is 0 Å². The smallest absolute Gasteiger partial charge is 0.270 e. The lowest BCUT2D eigenvalue weighted by Crippen LogP contribution is -2.41. The summed E-state index contributed by atoms with van der Waals surface area (Å²) in [6.07, 6.45) is 2.74. The molecule has 0 spiro atoms. The number of nitro benzene ring substituents is 1. The minimum atomic E-state index is -0.544. The number of benzene rings is 3. The van der Waals surface area contributed by atoms with Crippen LogP contribution in [0.5, 0.6) is 0 Å². The molecule has 0 heterocycles. The molecule has 3 aromatic carbocycles. The second-order valence-electron chi connectivity index (χ2n) is 6.04. The average molecular weight is 375 g/mol. The lowest BCUT2D eigenvalue weighted by molar-refractivity contribution is -0.384. The van der Waals surface area contributed by atoms with Gasteiger partial charge in [0, 0.05) is 18.2 Å². The molecule has 2 amide bonds. The number of carbonyl (C=O) groups excluding carboxylic acids is 2. The highest BCUT2D eigenvalue weighted by Crippen LogP contribution is 2.18. The van der Waals surface area contributed by atoms with E-state index in [1.807, 2.05) is 42.5 Å². The van der Waals surface area contributed by atoms with E-state index in [1.54, 1.807) is 6.07 Å². The van der Waals surface area contributed by atoms with Gasteiger partial charge in [-0.1, -0.05) is 54.6 Å². The lowest BCUT2D eigenvalue weighted by atomic mass is 10.0. The van der Waals surface area contributed by atoms with Gasteiger partial charge >= 0.3 is 0 Å². The van der Waals surface area contributed by atoms with Crippen molar-refractivity contribution in [1.82, 2.24) is 10.9 Å². The zero-order valence-corrected chi connectivity index (χ0v) is 14.8. The molecule has 0 saturated carbocycles. The molecule has 0 bridgehead atoms. The Morgan fingerprint density at radius 3 is 2.54 bits per heavy atom. The molecule has 0 aliphatic rings. The van der Waals surface area contributed by atoms with Crippen LogP contribution in [0.3, 0.4) is 0 Å². The van der Waals surface area contributed by atoms with Gasteiger partial charge in [-0.05, 0) is 28.0 Å². The molecule has 0 atom stereocenters. The van der Waals surface area contributed by atoms with Crippen molar-refractivity contribution in [2.24, 2.45) is 0 Å². The highest BCUT2D eigenvalue weighted by Gasteiger charge is 2.08. The van der Waals surface area contributed by atoms with Crippen LogP contribution in [-0.4, -0.2) is 16.7 Å². The van der Waals surface area contributed by atoms with Gasteiger partial charge in [-0.15, -0.1) is 0 Å². The van der Waals surface area contributed by atoms with Crippen molar-refractivity contribution >= 4 is 34.4 Å². The minimum absolute atomic E-state index is 0.0639. The van der Waals surface area contributed by atoms with Crippen LogP contribution in [0.2, 0.25) is 0 Å². The van der Waals surface area contributed by atoms with Gasteiger partial charge in [0.05, 0.1) is 11.3 Å². The number of nitro groups is 1. The molecule has 0 aliphatic heterocycles. The summed E-state index contributed by atoms with van der Waals surface area (Å²) >= 11 is 0. The molecular formula is C21H17N3O4. The molecule has 0 fully saturated rings. The fourth-order valence-corrected chi connectivity index (χ4v) is 2.75. The van der Waals surface area contributed by atoms with Gasteiger partial charge in [0.25, 0.3) is 11.6 Å². The van der Waals surface area contributed by atoms with E-state index in [0.29, 0.717) is 5.56 Å². The van der Waals surface area contributed by atoms with Gasteiger partial charge in [0.15, 0.2) is 0 Å². The first-order valence-electron chi connectivity index (χ1n) is 8.51. The first kappa shape index (κ1) is 18.8. The molecule has 0 radical (unpaired) electrons. The van der Waals surface area contributed by atoms with Crippen molar-refractivity contribution in [3.63, 3.8) is 0 Å². The van der Waals surface area contributed by atoms with Crippen LogP contribution in [0.25, 0.3) is 16.8 Å². The Hall–Kier alpha value is -4.00. The highest BCUT2D eigenvalue weighted by atomic mass is 16.6. The Bertz CT molecular complexity index is 1070. The van der Waals surface area contributed by atoms with E-state index < -0.39 is 10.8 Å². The summed E-state index contributed by atoms with van der Waals surface area (Å²) < 4.78 is 0. The maximum Gasteiger partial charge on any atom is 0.270 e. The van der Waals surface area contributed by atoms with Crippen molar-refractivity contribution in [3.8, 4) is 0 Å². The number of hydrogen-bond acceptors (Lipinski definition) is 4. The monoisotopic (exact) mass is 375 g/mol. The number of nitrogens with zero attached hydrogens (tertiary/aromatic N) is 1.